The van der Waals surface area contributed by atoms with Gasteiger partial charge in [0.2, 0.25) is 5.65 Å². The van der Waals surface area contributed by atoms with Gasteiger partial charge in [0.15, 0.2) is 0 Å². The van der Waals surface area contributed by atoms with Crippen molar-refractivity contribution in [1.29, 1.82) is 0 Å². The summed E-state index contributed by atoms with van der Waals surface area (Å²) in [5.74, 6) is 0.376. The fourth-order valence-corrected chi connectivity index (χ4v) is 2.89. The lowest BCUT2D eigenvalue weighted by atomic mass is 10.1. The van der Waals surface area contributed by atoms with Crippen LogP contribution in [0.3, 0.4) is 0 Å². The van der Waals surface area contributed by atoms with Crippen LogP contribution >= 0.6 is 0 Å². The Bertz CT molecular complexity index is 618. The fraction of sp³-hybridized carbons (Fsp3) is 0.688. The minimum absolute atomic E-state index is 0.376. The molecule has 22 heavy (non-hydrogen) atoms. The first-order valence-electron chi connectivity index (χ1n) is 8.19. The molecule has 2 aromatic heterocycles. The van der Waals surface area contributed by atoms with Crippen molar-refractivity contribution in [3.8, 4) is 0 Å². The number of hydrogen-bond donors (Lipinski definition) is 0. The van der Waals surface area contributed by atoms with Crippen LogP contribution in [0.5, 0.6) is 0 Å². The third-order valence-corrected chi connectivity index (χ3v) is 4.33. The fourth-order valence-electron chi connectivity index (χ4n) is 2.89. The first-order valence-corrected chi connectivity index (χ1v) is 8.19. The van der Waals surface area contributed by atoms with Gasteiger partial charge < -0.3 is 9.64 Å². The molecule has 1 aliphatic heterocycles. The van der Waals surface area contributed by atoms with Gasteiger partial charge in [0, 0.05) is 20.2 Å². The van der Waals surface area contributed by atoms with E-state index < -0.39 is 0 Å². The van der Waals surface area contributed by atoms with E-state index in [9.17, 15) is 0 Å². The maximum atomic E-state index is 5.83. The number of hydrogen-bond acceptors (Lipinski definition) is 5. The van der Waals surface area contributed by atoms with Crippen LogP contribution in [-0.2, 0) is 4.74 Å². The Balaban J connectivity index is 1.77. The monoisotopic (exact) mass is 303 g/mol. The molecule has 6 heteroatoms. The third kappa shape index (κ3) is 3.21. The van der Waals surface area contributed by atoms with Crippen LogP contribution in [0, 0.1) is 0 Å². The molecule has 0 aromatic carbocycles. The average molecular weight is 303 g/mol. The summed E-state index contributed by atoms with van der Waals surface area (Å²) in [5.41, 5.74) is 2.96. The van der Waals surface area contributed by atoms with Crippen molar-refractivity contribution >= 4 is 11.3 Å². The Hall–Kier alpha value is -1.69. The molecule has 3 heterocycles. The molecule has 0 bridgehead atoms. The molecule has 2 aromatic rings. The smallest absolute Gasteiger partial charge is 0.200 e. The number of anilines is 1. The van der Waals surface area contributed by atoms with Crippen molar-refractivity contribution in [2.45, 2.75) is 51.6 Å². The molecule has 0 radical (unpaired) electrons. The first kappa shape index (κ1) is 15.2. The van der Waals surface area contributed by atoms with Crippen LogP contribution in [0.4, 0.5) is 5.69 Å². The molecule has 1 fully saturated rings. The average Bonchev–Trinajstić information content (AvgIpc) is 3.01. The summed E-state index contributed by atoms with van der Waals surface area (Å²) in [4.78, 5) is 2.25. The number of nitrogens with zero attached hydrogens (tertiary/aromatic N) is 5. The Labute approximate surface area is 131 Å². The quantitative estimate of drug-likeness (QED) is 0.850. The van der Waals surface area contributed by atoms with Gasteiger partial charge in [0.05, 0.1) is 17.5 Å². The van der Waals surface area contributed by atoms with Gasteiger partial charge in [-0.25, -0.2) is 0 Å². The Morgan fingerprint density at radius 1 is 1.41 bits per heavy atom. The summed E-state index contributed by atoms with van der Waals surface area (Å²) in [6, 6.07) is 2.14. The molecule has 1 atom stereocenters. The van der Waals surface area contributed by atoms with Crippen molar-refractivity contribution in [3.63, 3.8) is 0 Å². The van der Waals surface area contributed by atoms with Crippen LogP contribution in [0.2, 0.25) is 0 Å². The Morgan fingerprint density at radius 2 is 2.27 bits per heavy atom. The van der Waals surface area contributed by atoms with E-state index in [1.165, 1.54) is 19.3 Å². The minimum atomic E-state index is 0.376. The molecule has 1 unspecified atom stereocenters. The van der Waals surface area contributed by atoms with Gasteiger partial charge in [-0.15, -0.1) is 10.2 Å². The second-order valence-electron chi connectivity index (χ2n) is 6.41. The molecule has 0 saturated carbocycles. The molecular weight excluding hydrogens is 278 g/mol. The number of aromatic nitrogens is 4. The van der Waals surface area contributed by atoms with E-state index in [4.69, 9.17) is 4.74 Å². The summed E-state index contributed by atoms with van der Waals surface area (Å²) in [5, 5.41) is 12.8. The molecule has 120 valence electrons. The highest BCUT2D eigenvalue weighted by Gasteiger charge is 2.17. The van der Waals surface area contributed by atoms with E-state index in [0.29, 0.717) is 12.0 Å². The molecule has 0 amide bonds. The van der Waals surface area contributed by atoms with Crippen LogP contribution in [0.15, 0.2) is 12.4 Å². The van der Waals surface area contributed by atoms with Gasteiger partial charge in [-0.05, 0) is 37.7 Å². The lowest BCUT2D eigenvalue weighted by molar-refractivity contribution is 0.0127. The van der Waals surface area contributed by atoms with Crippen molar-refractivity contribution in [2.75, 3.05) is 25.1 Å². The molecule has 0 N–H and O–H groups in total. The lowest BCUT2D eigenvalue weighted by Gasteiger charge is -2.26. The molecule has 0 aliphatic carbocycles. The van der Waals surface area contributed by atoms with Gasteiger partial charge >= 0.3 is 0 Å². The number of fused-ring (bicyclic) bond motifs is 1. The first-order chi connectivity index (χ1) is 10.6. The normalized spacial score (nSPS) is 19.0. The lowest BCUT2D eigenvalue weighted by Crippen LogP contribution is -2.27. The standard InChI is InChI=1S/C16H25N5O/c1-12(2)14-10-15(16-18-17-11-21(16)19-14)20(3)8-7-13-6-4-5-9-22-13/h10-13H,4-9H2,1-3H3. The van der Waals surface area contributed by atoms with E-state index in [-0.39, 0.29) is 0 Å². The number of rotatable bonds is 5. The summed E-state index contributed by atoms with van der Waals surface area (Å²) in [6.07, 6.45) is 6.79. The largest absolute Gasteiger partial charge is 0.378 e. The maximum absolute atomic E-state index is 5.83. The van der Waals surface area contributed by atoms with Gasteiger partial charge in [0.1, 0.15) is 6.33 Å². The van der Waals surface area contributed by atoms with Gasteiger partial charge in [-0.3, -0.25) is 0 Å². The topological polar surface area (TPSA) is 55.5 Å². The third-order valence-electron chi connectivity index (χ3n) is 4.33. The van der Waals surface area contributed by atoms with Gasteiger partial charge in [0.25, 0.3) is 0 Å². The van der Waals surface area contributed by atoms with Crippen molar-refractivity contribution in [2.24, 2.45) is 0 Å². The second kappa shape index (κ2) is 6.60. The molecule has 1 saturated heterocycles. The van der Waals surface area contributed by atoms with Crippen LogP contribution in [0.1, 0.15) is 51.1 Å². The van der Waals surface area contributed by atoms with Gasteiger partial charge in [-0.1, -0.05) is 13.8 Å². The zero-order valence-corrected chi connectivity index (χ0v) is 13.7. The molecule has 0 spiro atoms. The van der Waals surface area contributed by atoms with E-state index >= 15 is 0 Å². The number of ether oxygens (including phenoxy) is 1. The van der Waals surface area contributed by atoms with E-state index in [0.717, 1.165) is 36.6 Å². The van der Waals surface area contributed by atoms with Crippen molar-refractivity contribution < 1.29 is 4.74 Å². The predicted molar refractivity (Wildman–Crippen MR) is 86.3 cm³/mol. The van der Waals surface area contributed by atoms with Crippen LogP contribution in [0.25, 0.3) is 5.65 Å². The van der Waals surface area contributed by atoms with Crippen LogP contribution in [-0.4, -0.2) is 46.1 Å². The van der Waals surface area contributed by atoms with Crippen LogP contribution < -0.4 is 4.90 Å². The highest BCUT2D eigenvalue weighted by molar-refractivity contribution is 5.68. The SMILES string of the molecule is CC(C)c1cc(N(C)CCC2CCCCO2)c2nncn2n1. The zero-order chi connectivity index (χ0) is 15.5. The molecule has 6 nitrogen and oxygen atoms in total. The van der Waals surface area contributed by atoms with E-state index in [1.807, 2.05) is 0 Å². The van der Waals surface area contributed by atoms with E-state index in [2.05, 4.69) is 47.2 Å². The summed E-state index contributed by atoms with van der Waals surface area (Å²) in [6.45, 7) is 6.17. The van der Waals surface area contributed by atoms with Crippen molar-refractivity contribution in [3.05, 3.63) is 18.1 Å². The highest BCUT2D eigenvalue weighted by Crippen LogP contribution is 2.24. The zero-order valence-electron chi connectivity index (χ0n) is 13.7. The summed E-state index contributed by atoms with van der Waals surface area (Å²) >= 11 is 0. The van der Waals surface area contributed by atoms with Crippen molar-refractivity contribution in [1.82, 2.24) is 19.8 Å². The Morgan fingerprint density at radius 3 is 3.00 bits per heavy atom. The molecule has 1 aliphatic rings. The highest BCUT2D eigenvalue weighted by atomic mass is 16.5. The maximum Gasteiger partial charge on any atom is 0.200 e. The summed E-state index contributed by atoms with van der Waals surface area (Å²) < 4.78 is 7.60. The molecule has 3 rings (SSSR count). The van der Waals surface area contributed by atoms with E-state index in [1.54, 1.807) is 10.8 Å². The predicted octanol–water partition coefficient (Wildman–Crippen LogP) is 2.64. The van der Waals surface area contributed by atoms with Gasteiger partial charge in [-0.2, -0.15) is 9.61 Å². The second-order valence-corrected chi connectivity index (χ2v) is 6.41. The summed E-state index contributed by atoms with van der Waals surface area (Å²) in [7, 11) is 2.11. The molecular formula is C16H25N5O. The minimum Gasteiger partial charge on any atom is -0.378 e. The Kier molecular flexibility index (Phi) is 4.57.